The normalized spacial score (nSPS) is 9.46. The van der Waals surface area contributed by atoms with Crippen molar-refractivity contribution < 1.29 is 14.6 Å². The largest absolute Gasteiger partial charge is 0.505 e. The van der Waals surface area contributed by atoms with Gasteiger partial charge in [-0.15, -0.1) is 0 Å². The molecule has 0 aliphatic heterocycles. The molecule has 0 unspecified atom stereocenters. The van der Waals surface area contributed by atoms with Gasteiger partial charge in [-0.05, 0) is 18.4 Å². The highest BCUT2D eigenvalue weighted by Gasteiger charge is 1.97. The average molecular weight is 191 g/mol. The van der Waals surface area contributed by atoms with Gasteiger partial charge in [-0.1, -0.05) is 27.7 Å². The van der Waals surface area contributed by atoms with E-state index in [-0.39, 0.29) is 12.5 Å². The summed E-state index contributed by atoms with van der Waals surface area (Å²) in [7, 11) is 0. The maximum absolute atomic E-state index is 9.68. The Kier molecular flexibility index (Phi) is 10.6. The highest BCUT2D eigenvalue weighted by Crippen LogP contribution is 1.91. The lowest BCUT2D eigenvalue weighted by atomic mass is 10.2. The fraction of sp³-hybridized carbons (Fsp3) is 0.889. The van der Waals surface area contributed by atoms with Crippen molar-refractivity contribution in [1.29, 1.82) is 0 Å². The predicted octanol–water partition coefficient (Wildman–Crippen LogP) is 1.94. The van der Waals surface area contributed by atoms with Crippen molar-refractivity contribution in [3.05, 3.63) is 0 Å². The van der Waals surface area contributed by atoms with E-state index in [0.717, 1.165) is 6.54 Å². The summed E-state index contributed by atoms with van der Waals surface area (Å²) in [4.78, 5) is 9.68. The molecule has 0 aliphatic carbocycles. The third-order valence-electron chi connectivity index (χ3n) is 1.01. The summed E-state index contributed by atoms with van der Waals surface area (Å²) in [6.45, 7) is 9.07. The van der Waals surface area contributed by atoms with Crippen molar-refractivity contribution in [2.75, 3.05) is 13.2 Å². The number of nitrogens with two attached hydrogens (primary N) is 1. The second-order valence-electron chi connectivity index (χ2n) is 3.60. The molecule has 0 saturated heterocycles. The number of hydrogen-bond donors (Lipinski definition) is 2. The first-order chi connectivity index (χ1) is 5.90. The van der Waals surface area contributed by atoms with E-state index in [9.17, 15) is 4.79 Å². The van der Waals surface area contributed by atoms with E-state index in [0.29, 0.717) is 5.92 Å². The minimum atomic E-state index is -1.20. The first kappa shape index (κ1) is 14.7. The van der Waals surface area contributed by atoms with Gasteiger partial charge in [0.25, 0.3) is 0 Å². The van der Waals surface area contributed by atoms with Crippen LogP contribution >= 0.6 is 0 Å². The summed E-state index contributed by atoms with van der Waals surface area (Å²) >= 11 is 0. The summed E-state index contributed by atoms with van der Waals surface area (Å²) < 4.78 is 4.22. The molecule has 0 fully saturated rings. The van der Waals surface area contributed by atoms with Crippen LogP contribution in [0.2, 0.25) is 0 Å². The van der Waals surface area contributed by atoms with Gasteiger partial charge in [0, 0.05) is 0 Å². The molecule has 4 heteroatoms. The van der Waals surface area contributed by atoms with Crippen molar-refractivity contribution in [1.82, 2.24) is 0 Å². The Morgan fingerprint density at radius 2 is 1.69 bits per heavy atom. The summed E-state index contributed by atoms with van der Waals surface area (Å²) in [5.41, 5.74) is 5.17. The van der Waals surface area contributed by atoms with E-state index in [2.05, 4.69) is 18.6 Å². The van der Waals surface area contributed by atoms with Crippen molar-refractivity contribution >= 4 is 6.16 Å². The summed E-state index contributed by atoms with van der Waals surface area (Å²) in [5.74, 6) is 0.945. The smallest absolute Gasteiger partial charge is 0.450 e. The molecule has 3 N–H and O–H groups in total. The number of hydrogen-bond acceptors (Lipinski definition) is 3. The minimum absolute atomic E-state index is 0.283. The van der Waals surface area contributed by atoms with Crippen LogP contribution in [0, 0.1) is 11.8 Å². The summed E-state index contributed by atoms with van der Waals surface area (Å²) in [5, 5.41) is 7.94. The summed E-state index contributed by atoms with van der Waals surface area (Å²) in [6.07, 6.45) is -1.20. The number of carbonyl (C=O) groups is 1. The molecule has 0 spiro atoms. The standard InChI is InChI=1S/C5H10O3.C4H11N/c1-4(2)3-8-5(6)7;1-4(2)3-5/h4H,3H2,1-2H3,(H,6,7);4H,3,5H2,1-2H3. The Morgan fingerprint density at radius 1 is 1.31 bits per heavy atom. The van der Waals surface area contributed by atoms with Crippen LogP contribution < -0.4 is 5.73 Å². The predicted molar refractivity (Wildman–Crippen MR) is 52.7 cm³/mol. The average Bonchev–Trinajstić information content (AvgIpc) is 2.02. The van der Waals surface area contributed by atoms with Gasteiger partial charge in [0.2, 0.25) is 0 Å². The van der Waals surface area contributed by atoms with E-state index in [1.165, 1.54) is 0 Å². The Labute approximate surface area is 80.1 Å². The Bertz CT molecular complexity index is 124. The SMILES string of the molecule is CC(C)CN.CC(C)COC(=O)O. The van der Waals surface area contributed by atoms with E-state index in [1.807, 2.05) is 13.8 Å². The van der Waals surface area contributed by atoms with Gasteiger partial charge >= 0.3 is 6.16 Å². The maximum Gasteiger partial charge on any atom is 0.505 e. The molecule has 0 aliphatic rings. The lowest BCUT2D eigenvalue weighted by molar-refractivity contribution is 0.0814. The molecular weight excluding hydrogens is 170 g/mol. The van der Waals surface area contributed by atoms with E-state index >= 15 is 0 Å². The second kappa shape index (κ2) is 9.32. The van der Waals surface area contributed by atoms with E-state index < -0.39 is 6.16 Å². The second-order valence-corrected chi connectivity index (χ2v) is 3.60. The molecule has 0 bridgehead atoms. The zero-order chi connectivity index (χ0) is 10.9. The van der Waals surface area contributed by atoms with Crippen LogP contribution in [0.15, 0.2) is 0 Å². The first-order valence-corrected chi connectivity index (χ1v) is 4.45. The van der Waals surface area contributed by atoms with Gasteiger partial charge in [0.05, 0.1) is 6.61 Å². The van der Waals surface area contributed by atoms with Crippen LogP contribution in [0.1, 0.15) is 27.7 Å². The molecule has 0 amide bonds. The highest BCUT2D eigenvalue weighted by atomic mass is 16.7. The Hall–Kier alpha value is -0.770. The maximum atomic E-state index is 9.68. The molecule has 0 heterocycles. The molecule has 0 saturated carbocycles. The lowest BCUT2D eigenvalue weighted by Crippen LogP contribution is -2.06. The molecule has 0 radical (unpaired) electrons. The summed E-state index contributed by atoms with van der Waals surface area (Å²) in [6, 6.07) is 0. The van der Waals surface area contributed by atoms with Crippen LogP contribution in [0.3, 0.4) is 0 Å². The quantitative estimate of drug-likeness (QED) is 0.669. The number of carboxylic acid groups (broad SMARTS) is 1. The van der Waals surface area contributed by atoms with Gasteiger partial charge in [-0.3, -0.25) is 0 Å². The molecule has 0 aromatic heterocycles. The van der Waals surface area contributed by atoms with Crippen molar-refractivity contribution in [3.8, 4) is 0 Å². The fourth-order valence-electron chi connectivity index (χ4n) is 0.238. The van der Waals surface area contributed by atoms with Crippen molar-refractivity contribution in [3.63, 3.8) is 0 Å². The van der Waals surface area contributed by atoms with Crippen LogP contribution in [0.25, 0.3) is 0 Å². The van der Waals surface area contributed by atoms with Gasteiger partial charge < -0.3 is 15.6 Å². The Morgan fingerprint density at radius 3 is 1.77 bits per heavy atom. The molecule has 0 aromatic rings. The highest BCUT2D eigenvalue weighted by molar-refractivity contribution is 5.56. The fourth-order valence-corrected chi connectivity index (χ4v) is 0.238. The number of ether oxygens (including phenoxy) is 1. The van der Waals surface area contributed by atoms with E-state index in [4.69, 9.17) is 10.8 Å². The molecule has 13 heavy (non-hydrogen) atoms. The molecule has 80 valence electrons. The zero-order valence-electron chi connectivity index (χ0n) is 8.91. The van der Waals surface area contributed by atoms with Crippen LogP contribution in [-0.4, -0.2) is 24.4 Å². The first-order valence-electron chi connectivity index (χ1n) is 4.45. The monoisotopic (exact) mass is 191 g/mol. The third kappa shape index (κ3) is 24.6. The van der Waals surface area contributed by atoms with Gasteiger partial charge in [0.1, 0.15) is 0 Å². The topological polar surface area (TPSA) is 72.5 Å². The third-order valence-corrected chi connectivity index (χ3v) is 1.01. The van der Waals surface area contributed by atoms with Crippen LogP contribution in [0.5, 0.6) is 0 Å². The number of rotatable bonds is 3. The molecule has 4 nitrogen and oxygen atoms in total. The van der Waals surface area contributed by atoms with Crippen LogP contribution in [0.4, 0.5) is 4.79 Å². The van der Waals surface area contributed by atoms with E-state index in [1.54, 1.807) is 0 Å². The molecule has 0 aromatic carbocycles. The van der Waals surface area contributed by atoms with Gasteiger partial charge in [-0.25, -0.2) is 4.79 Å². The minimum Gasteiger partial charge on any atom is -0.450 e. The van der Waals surface area contributed by atoms with Gasteiger partial charge in [-0.2, -0.15) is 0 Å². The molecular formula is C9H21NO3. The van der Waals surface area contributed by atoms with Crippen molar-refractivity contribution in [2.45, 2.75) is 27.7 Å². The van der Waals surface area contributed by atoms with Crippen LogP contribution in [-0.2, 0) is 4.74 Å². The Balaban J connectivity index is 0. The molecule has 0 rings (SSSR count). The zero-order valence-corrected chi connectivity index (χ0v) is 8.91. The van der Waals surface area contributed by atoms with Gasteiger partial charge in [0.15, 0.2) is 0 Å². The van der Waals surface area contributed by atoms with Crippen molar-refractivity contribution in [2.24, 2.45) is 17.6 Å². The lowest BCUT2D eigenvalue weighted by Gasteiger charge is -2.00. The molecule has 0 atom stereocenters.